The predicted octanol–water partition coefficient (Wildman–Crippen LogP) is 0.811. The summed E-state index contributed by atoms with van der Waals surface area (Å²) < 4.78 is 33.4. The molecule has 1 fully saturated rings. The zero-order chi connectivity index (χ0) is 17.3. The Morgan fingerprint density at radius 1 is 1.17 bits per heavy atom. The van der Waals surface area contributed by atoms with Gasteiger partial charge in [0.2, 0.25) is 5.89 Å². The van der Waals surface area contributed by atoms with Gasteiger partial charge in [-0.15, -0.1) is 5.10 Å². The molecule has 1 aromatic heterocycles. The topological polar surface area (TPSA) is 88.7 Å². The smallest absolute Gasteiger partial charge is 0.392 e. The van der Waals surface area contributed by atoms with Gasteiger partial charge in [-0.05, 0) is 25.0 Å². The lowest BCUT2D eigenvalue weighted by molar-refractivity contribution is 0.276. The average molecular weight is 352 g/mol. The summed E-state index contributed by atoms with van der Waals surface area (Å²) in [6.07, 6.45) is 1.14. The molecule has 2 heterocycles. The summed E-state index contributed by atoms with van der Waals surface area (Å²) in [4.78, 5) is 12.0. The van der Waals surface area contributed by atoms with E-state index < -0.39 is 16.0 Å². The fourth-order valence-electron chi connectivity index (χ4n) is 2.75. The molecule has 8 nitrogen and oxygen atoms in total. The molecule has 1 aliphatic rings. The van der Waals surface area contributed by atoms with Crippen LogP contribution in [0.15, 0.2) is 39.5 Å². The minimum absolute atomic E-state index is 0.0590. The molecule has 0 aliphatic carbocycles. The van der Waals surface area contributed by atoms with Crippen LogP contribution in [0.1, 0.15) is 24.7 Å². The monoisotopic (exact) mass is 352 g/mol. The first-order valence-electron chi connectivity index (χ1n) is 7.72. The van der Waals surface area contributed by atoms with Crippen molar-refractivity contribution in [2.24, 2.45) is 0 Å². The summed E-state index contributed by atoms with van der Waals surface area (Å²) in [6.45, 7) is 0.764. The van der Waals surface area contributed by atoms with E-state index in [9.17, 15) is 13.2 Å². The van der Waals surface area contributed by atoms with E-state index in [1.807, 2.05) is 18.2 Å². The largest absolute Gasteiger partial charge is 0.441 e. The van der Waals surface area contributed by atoms with Crippen molar-refractivity contribution in [3.8, 4) is 5.69 Å². The van der Waals surface area contributed by atoms with E-state index in [1.54, 1.807) is 12.1 Å². The van der Waals surface area contributed by atoms with Crippen LogP contribution in [0.25, 0.3) is 5.69 Å². The molecule has 1 saturated heterocycles. The number of hydrogen-bond acceptors (Lipinski definition) is 5. The van der Waals surface area contributed by atoms with Gasteiger partial charge in [-0.25, -0.2) is 4.79 Å². The van der Waals surface area contributed by atoms with Crippen molar-refractivity contribution in [2.75, 3.05) is 27.2 Å². The fourth-order valence-corrected chi connectivity index (χ4v) is 3.89. The van der Waals surface area contributed by atoms with E-state index in [0.717, 1.165) is 0 Å². The molecule has 0 spiro atoms. The second kappa shape index (κ2) is 6.50. The Morgan fingerprint density at radius 3 is 2.38 bits per heavy atom. The molecule has 0 bridgehead atoms. The molecule has 24 heavy (non-hydrogen) atoms. The first kappa shape index (κ1) is 16.9. The van der Waals surface area contributed by atoms with Crippen LogP contribution in [0.3, 0.4) is 0 Å². The van der Waals surface area contributed by atoms with Gasteiger partial charge in [0, 0.05) is 33.1 Å². The third-order valence-electron chi connectivity index (χ3n) is 4.16. The number of benzene rings is 1. The quantitative estimate of drug-likeness (QED) is 0.812. The van der Waals surface area contributed by atoms with Crippen molar-refractivity contribution in [3.63, 3.8) is 0 Å². The molecule has 0 saturated carbocycles. The van der Waals surface area contributed by atoms with Crippen LogP contribution in [-0.4, -0.2) is 54.0 Å². The molecule has 2 aromatic rings. The van der Waals surface area contributed by atoms with E-state index in [0.29, 0.717) is 37.5 Å². The lowest BCUT2D eigenvalue weighted by atomic mass is 9.98. The number of piperidine rings is 1. The first-order valence-corrected chi connectivity index (χ1v) is 9.12. The van der Waals surface area contributed by atoms with E-state index in [-0.39, 0.29) is 5.92 Å². The Hall–Kier alpha value is -1.97. The molecule has 9 heteroatoms. The molecular formula is C15H20N4O4S. The maximum absolute atomic E-state index is 12.1. The number of rotatable bonds is 4. The number of aromatic nitrogens is 2. The van der Waals surface area contributed by atoms with Gasteiger partial charge in [0.05, 0.1) is 5.69 Å². The molecule has 0 atom stereocenters. The molecule has 0 radical (unpaired) electrons. The van der Waals surface area contributed by atoms with Crippen molar-refractivity contribution in [1.29, 1.82) is 0 Å². The van der Waals surface area contributed by atoms with Gasteiger partial charge in [0.25, 0.3) is 10.2 Å². The molecule has 0 amide bonds. The Balaban J connectivity index is 1.75. The predicted molar refractivity (Wildman–Crippen MR) is 88.3 cm³/mol. The SMILES string of the molecule is CN(C)S(=O)(=O)N1CCC(c2nn(-c3ccccc3)c(=O)o2)CC1. The Morgan fingerprint density at radius 2 is 1.79 bits per heavy atom. The first-order chi connectivity index (χ1) is 11.4. The van der Waals surface area contributed by atoms with E-state index in [1.165, 1.54) is 27.4 Å². The maximum atomic E-state index is 12.1. The van der Waals surface area contributed by atoms with Crippen LogP contribution in [-0.2, 0) is 10.2 Å². The van der Waals surface area contributed by atoms with Crippen LogP contribution in [0.2, 0.25) is 0 Å². The van der Waals surface area contributed by atoms with Gasteiger partial charge in [-0.2, -0.15) is 21.7 Å². The highest BCUT2D eigenvalue weighted by Crippen LogP contribution is 2.28. The Labute approximate surface area is 140 Å². The summed E-state index contributed by atoms with van der Waals surface area (Å²) in [7, 11) is -0.371. The second-order valence-electron chi connectivity index (χ2n) is 5.92. The number of hydrogen-bond donors (Lipinski definition) is 0. The molecule has 1 aliphatic heterocycles. The summed E-state index contributed by atoms with van der Waals surface area (Å²) in [6, 6.07) is 9.05. The summed E-state index contributed by atoms with van der Waals surface area (Å²) >= 11 is 0. The summed E-state index contributed by atoms with van der Waals surface area (Å²) in [5.41, 5.74) is 0.644. The highest BCUT2D eigenvalue weighted by Gasteiger charge is 2.32. The minimum atomic E-state index is -3.40. The van der Waals surface area contributed by atoms with Crippen LogP contribution >= 0.6 is 0 Å². The lowest BCUT2D eigenvalue weighted by Crippen LogP contribution is -2.44. The van der Waals surface area contributed by atoms with Crippen molar-refractivity contribution in [1.82, 2.24) is 18.4 Å². The zero-order valence-corrected chi connectivity index (χ0v) is 14.4. The van der Waals surface area contributed by atoms with Crippen molar-refractivity contribution >= 4 is 10.2 Å². The van der Waals surface area contributed by atoms with Gasteiger partial charge < -0.3 is 4.42 Å². The lowest BCUT2D eigenvalue weighted by Gasteiger charge is -2.31. The standard InChI is InChI=1S/C15H20N4O4S/c1-17(2)24(21,22)18-10-8-12(9-11-18)14-16-19(15(20)23-14)13-6-4-3-5-7-13/h3-7,12H,8-11H2,1-2H3. The summed E-state index contributed by atoms with van der Waals surface area (Å²) in [5, 5.41) is 4.29. The molecule has 130 valence electrons. The van der Waals surface area contributed by atoms with Gasteiger partial charge in [0.1, 0.15) is 0 Å². The average Bonchev–Trinajstić information content (AvgIpc) is 2.97. The van der Waals surface area contributed by atoms with Gasteiger partial charge in [0.15, 0.2) is 0 Å². The molecule has 0 N–H and O–H groups in total. The van der Waals surface area contributed by atoms with E-state index in [2.05, 4.69) is 5.10 Å². The third kappa shape index (κ3) is 3.14. The van der Waals surface area contributed by atoms with Crippen molar-refractivity contribution in [3.05, 3.63) is 46.8 Å². The van der Waals surface area contributed by atoms with E-state index in [4.69, 9.17) is 4.42 Å². The highest BCUT2D eigenvalue weighted by molar-refractivity contribution is 7.86. The third-order valence-corrected chi connectivity index (χ3v) is 6.10. The zero-order valence-electron chi connectivity index (χ0n) is 13.6. The van der Waals surface area contributed by atoms with Crippen LogP contribution in [0, 0.1) is 0 Å². The molecule has 1 aromatic carbocycles. The normalized spacial score (nSPS) is 17.5. The second-order valence-corrected chi connectivity index (χ2v) is 8.06. The van der Waals surface area contributed by atoms with Crippen molar-refractivity contribution < 1.29 is 12.8 Å². The molecule has 0 unspecified atom stereocenters. The van der Waals surface area contributed by atoms with Gasteiger partial charge in [-0.1, -0.05) is 18.2 Å². The Kier molecular flexibility index (Phi) is 4.57. The fraction of sp³-hybridized carbons (Fsp3) is 0.467. The van der Waals surface area contributed by atoms with Gasteiger partial charge in [-0.3, -0.25) is 0 Å². The highest BCUT2D eigenvalue weighted by atomic mass is 32.2. The minimum Gasteiger partial charge on any atom is -0.392 e. The summed E-state index contributed by atoms with van der Waals surface area (Å²) in [5.74, 6) is -0.221. The number of para-hydroxylation sites is 1. The van der Waals surface area contributed by atoms with E-state index >= 15 is 0 Å². The van der Waals surface area contributed by atoms with Crippen LogP contribution in [0.4, 0.5) is 0 Å². The van der Waals surface area contributed by atoms with Crippen molar-refractivity contribution in [2.45, 2.75) is 18.8 Å². The number of nitrogens with zero attached hydrogens (tertiary/aromatic N) is 4. The van der Waals surface area contributed by atoms with Crippen LogP contribution in [0.5, 0.6) is 0 Å². The molecular weight excluding hydrogens is 332 g/mol. The van der Waals surface area contributed by atoms with Gasteiger partial charge >= 0.3 is 5.76 Å². The van der Waals surface area contributed by atoms with Crippen LogP contribution < -0.4 is 5.76 Å². The Bertz CT molecular complexity index is 849. The molecule has 3 rings (SSSR count). The maximum Gasteiger partial charge on any atom is 0.441 e.